The molecule has 0 amide bonds. The molecule has 0 radical (unpaired) electrons. The zero-order chi connectivity index (χ0) is 34.7. The lowest BCUT2D eigenvalue weighted by Crippen LogP contribution is -2.09. The minimum Gasteiger partial charge on any atom is -0.497 e. The zero-order valence-electron chi connectivity index (χ0n) is 26.4. The summed E-state index contributed by atoms with van der Waals surface area (Å²) in [4.78, 5) is 13.5. The Bertz CT molecular complexity index is 2220. The molecule has 0 fully saturated rings. The Morgan fingerprint density at radius 2 is 1.39 bits per heavy atom. The molecule has 0 saturated carbocycles. The third-order valence-electron chi connectivity index (χ3n) is 7.94. The zero-order valence-corrected chi connectivity index (χ0v) is 27.2. The molecule has 2 aromatic heterocycles. The van der Waals surface area contributed by atoms with Gasteiger partial charge < -0.3 is 24.0 Å². The minimum absolute atomic E-state index is 0.0374. The predicted octanol–water partition coefficient (Wildman–Crippen LogP) is 8.62. The van der Waals surface area contributed by atoms with Crippen LogP contribution < -0.4 is 14.4 Å². The summed E-state index contributed by atoms with van der Waals surface area (Å²) in [6.07, 6.45) is 4.54. The molecule has 244 valence electrons. The highest BCUT2D eigenvalue weighted by Crippen LogP contribution is 2.38. The van der Waals surface area contributed by atoms with Crippen LogP contribution in [0.1, 0.15) is 16.8 Å². The first kappa shape index (κ1) is 32.6. The lowest BCUT2D eigenvalue weighted by atomic mass is 10.0. The maximum Gasteiger partial charge on any atom is 0.346 e. The van der Waals surface area contributed by atoms with Gasteiger partial charge in [-0.3, -0.25) is 0 Å². The molecule has 0 spiro atoms. The van der Waals surface area contributed by atoms with Gasteiger partial charge in [-0.05, 0) is 90.5 Å². The van der Waals surface area contributed by atoms with Gasteiger partial charge in [0.25, 0.3) is 0 Å². The number of methoxy groups -OCH3 is 2. The molecule has 4 aromatic carbocycles. The van der Waals surface area contributed by atoms with E-state index in [1.165, 1.54) is 6.07 Å². The number of hydrogen-bond donors (Lipinski definition) is 1. The van der Waals surface area contributed by atoms with E-state index in [2.05, 4.69) is 13.6 Å². The van der Waals surface area contributed by atoms with Crippen molar-refractivity contribution in [2.75, 3.05) is 19.1 Å². The highest BCUT2D eigenvalue weighted by Gasteiger charge is 2.26. The molecule has 0 unspecified atom stereocenters. The molecule has 9 nitrogen and oxygen atoms in total. The van der Waals surface area contributed by atoms with Gasteiger partial charge >= 0.3 is 5.97 Å². The maximum atomic E-state index is 15.6. The summed E-state index contributed by atoms with van der Waals surface area (Å²) in [6, 6.07) is 28.4. The molecule has 2 heterocycles. The van der Waals surface area contributed by atoms with Gasteiger partial charge in [-0.1, -0.05) is 18.2 Å². The molecule has 0 bridgehead atoms. The number of halogens is 2. The van der Waals surface area contributed by atoms with Crippen LogP contribution in [0.2, 0.25) is 0 Å². The summed E-state index contributed by atoms with van der Waals surface area (Å²) in [7, 11) is 4.97. The SMILES string of the molecule is COc1ccc(N(c2ccc(/C=C/c3ccc(-c4c(F)c(F)c(/C=C(\C#N)C(=O)O)c5nsnc45)n3C)cc2)c2ccc(OC)cc2)cc1. The van der Waals surface area contributed by atoms with Crippen molar-refractivity contribution in [2.24, 2.45) is 7.05 Å². The van der Waals surface area contributed by atoms with Gasteiger partial charge in [0, 0.05) is 35.4 Å². The number of rotatable bonds is 10. The fraction of sp³-hybridized carbons (Fsp3) is 0.0811. The van der Waals surface area contributed by atoms with Crippen LogP contribution in [0.15, 0.2) is 90.5 Å². The average Bonchev–Trinajstić information content (AvgIpc) is 3.75. The Balaban J connectivity index is 1.31. The fourth-order valence-corrected chi connectivity index (χ4v) is 5.95. The summed E-state index contributed by atoms with van der Waals surface area (Å²) in [5, 5.41) is 18.4. The van der Waals surface area contributed by atoms with Crippen molar-refractivity contribution in [2.45, 2.75) is 0 Å². The number of aromatic nitrogens is 3. The third-order valence-corrected chi connectivity index (χ3v) is 8.47. The van der Waals surface area contributed by atoms with E-state index in [1.807, 2.05) is 84.9 Å². The van der Waals surface area contributed by atoms with Crippen molar-refractivity contribution >= 4 is 64.0 Å². The molecule has 0 aliphatic rings. The summed E-state index contributed by atoms with van der Waals surface area (Å²) < 4.78 is 51.6. The normalized spacial score (nSPS) is 11.6. The first-order valence-corrected chi connectivity index (χ1v) is 15.5. The molecular formula is C37H27F2N5O4S. The fourth-order valence-electron chi connectivity index (χ4n) is 5.39. The Hall–Kier alpha value is -6.32. The second-order valence-corrected chi connectivity index (χ2v) is 11.2. The van der Waals surface area contributed by atoms with Crippen LogP contribution >= 0.6 is 11.7 Å². The number of benzene rings is 4. The smallest absolute Gasteiger partial charge is 0.346 e. The Morgan fingerprint density at radius 1 is 0.837 bits per heavy atom. The first-order valence-electron chi connectivity index (χ1n) is 14.7. The second-order valence-electron chi connectivity index (χ2n) is 10.7. The van der Waals surface area contributed by atoms with Gasteiger partial charge in [0.05, 0.1) is 37.2 Å². The number of nitrogens with zero attached hydrogens (tertiary/aromatic N) is 5. The summed E-state index contributed by atoms with van der Waals surface area (Å²) in [6.45, 7) is 0. The van der Waals surface area contributed by atoms with Crippen LogP contribution in [0.4, 0.5) is 25.8 Å². The van der Waals surface area contributed by atoms with E-state index < -0.39 is 28.7 Å². The molecule has 0 atom stereocenters. The lowest BCUT2D eigenvalue weighted by molar-refractivity contribution is -0.132. The number of carboxylic acids is 1. The molecule has 6 rings (SSSR count). The van der Waals surface area contributed by atoms with Crippen molar-refractivity contribution in [3.05, 3.63) is 119 Å². The molecule has 6 aromatic rings. The number of hydrogen-bond acceptors (Lipinski definition) is 8. The molecule has 1 N–H and O–H groups in total. The predicted molar refractivity (Wildman–Crippen MR) is 186 cm³/mol. The van der Waals surface area contributed by atoms with Crippen LogP contribution in [-0.4, -0.2) is 38.6 Å². The average molecular weight is 676 g/mol. The van der Waals surface area contributed by atoms with Gasteiger partial charge in [0.2, 0.25) is 0 Å². The number of carbonyl (C=O) groups is 1. The van der Waals surface area contributed by atoms with Gasteiger partial charge in [-0.2, -0.15) is 14.0 Å². The van der Waals surface area contributed by atoms with E-state index in [4.69, 9.17) is 14.7 Å². The Kier molecular flexibility index (Phi) is 9.19. The lowest BCUT2D eigenvalue weighted by Gasteiger charge is -2.26. The topological polar surface area (TPSA) is 114 Å². The molecular weight excluding hydrogens is 649 g/mol. The highest BCUT2D eigenvalue weighted by atomic mass is 32.1. The van der Waals surface area contributed by atoms with Crippen molar-refractivity contribution in [3.8, 4) is 28.8 Å². The van der Waals surface area contributed by atoms with E-state index >= 15 is 8.78 Å². The van der Waals surface area contributed by atoms with E-state index in [1.54, 1.807) is 38.0 Å². The van der Waals surface area contributed by atoms with Gasteiger partial charge in [0.1, 0.15) is 34.2 Å². The standard InChI is InChI=1S/C37H27F2N5O4S/c1-43-24(14-19-31(43)32-34(39)33(38)30(20-23(21-40)37(45)46)35-36(32)42-49-41-35)7-4-22-5-8-25(9-6-22)44(26-10-15-28(47-2)16-11-26)27-12-17-29(48-3)18-13-27/h4-20H,1-3H3,(H,45,46)/b7-4+,23-20+. The maximum absolute atomic E-state index is 15.6. The number of carboxylic acid groups (broad SMARTS) is 1. The van der Waals surface area contributed by atoms with Gasteiger partial charge in [0.15, 0.2) is 11.6 Å². The number of fused-ring (bicyclic) bond motifs is 1. The van der Waals surface area contributed by atoms with Crippen molar-refractivity contribution < 1.29 is 28.2 Å². The van der Waals surface area contributed by atoms with Crippen LogP contribution in [-0.2, 0) is 11.8 Å². The minimum atomic E-state index is -1.57. The van der Waals surface area contributed by atoms with Crippen molar-refractivity contribution in [1.82, 2.24) is 13.3 Å². The largest absolute Gasteiger partial charge is 0.497 e. The van der Waals surface area contributed by atoms with Crippen LogP contribution in [0.25, 0.3) is 40.5 Å². The molecule has 12 heteroatoms. The molecule has 0 aliphatic heterocycles. The monoisotopic (exact) mass is 675 g/mol. The molecule has 0 saturated heterocycles. The van der Waals surface area contributed by atoms with Crippen LogP contribution in [0.3, 0.4) is 0 Å². The molecule has 49 heavy (non-hydrogen) atoms. The van der Waals surface area contributed by atoms with E-state index in [0.717, 1.165) is 51.9 Å². The quantitative estimate of drug-likeness (QED) is 0.113. The summed E-state index contributed by atoms with van der Waals surface area (Å²) in [5.74, 6) is -2.60. The van der Waals surface area contributed by atoms with Crippen LogP contribution in [0, 0.1) is 23.0 Å². The van der Waals surface area contributed by atoms with Crippen molar-refractivity contribution in [1.29, 1.82) is 5.26 Å². The van der Waals surface area contributed by atoms with E-state index in [0.29, 0.717) is 11.4 Å². The second kappa shape index (κ2) is 13.8. The Morgan fingerprint density at radius 3 is 1.92 bits per heavy atom. The Labute approximate surface area is 284 Å². The van der Waals surface area contributed by atoms with E-state index in [-0.39, 0.29) is 16.6 Å². The number of anilines is 3. The van der Waals surface area contributed by atoms with Gasteiger partial charge in [-0.25, -0.2) is 13.6 Å². The van der Waals surface area contributed by atoms with Crippen molar-refractivity contribution in [3.63, 3.8) is 0 Å². The summed E-state index contributed by atoms with van der Waals surface area (Å²) in [5.41, 5.74) is 3.46. The highest BCUT2D eigenvalue weighted by molar-refractivity contribution is 7.00. The first-order chi connectivity index (χ1) is 23.7. The molecule has 0 aliphatic carbocycles. The van der Waals surface area contributed by atoms with Crippen LogP contribution in [0.5, 0.6) is 11.5 Å². The number of aliphatic carboxylic acids is 1. The number of ether oxygens (including phenoxy) is 2. The van der Waals surface area contributed by atoms with E-state index in [9.17, 15) is 9.90 Å². The summed E-state index contributed by atoms with van der Waals surface area (Å²) >= 11 is 0.729. The third kappa shape index (κ3) is 6.35. The number of nitriles is 1. The van der Waals surface area contributed by atoms with Gasteiger partial charge in [-0.15, -0.1) is 0 Å².